The van der Waals surface area contributed by atoms with Gasteiger partial charge < -0.3 is 14.6 Å². The summed E-state index contributed by atoms with van der Waals surface area (Å²) in [4.78, 5) is 28.1. The van der Waals surface area contributed by atoms with E-state index >= 15 is 0 Å². The van der Waals surface area contributed by atoms with Gasteiger partial charge in [-0.2, -0.15) is 0 Å². The van der Waals surface area contributed by atoms with Crippen LogP contribution in [-0.4, -0.2) is 39.0 Å². The maximum atomic E-state index is 12.9. The van der Waals surface area contributed by atoms with Gasteiger partial charge in [0.05, 0.1) is 17.9 Å². The molecule has 4 rings (SSSR count). The number of esters is 1. The first-order valence-electron chi connectivity index (χ1n) is 12.2. The van der Waals surface area contributed by atoms with E-state index in [0.717, 1.165) is 67.2 Å². The number of nitrogens with one attached hydrogen (secondary N) is 1. The minimum absolute atomic E-state index is 0.160. The fourth-order valence-corrected chi connectivity index (χ4v) is 7.49. The lowest BCUT2D eigenvalue weighted by molar-refractivity contribution is -0.113. The van der Waals surface area contributed by atoms with Crippen LogP contribution < -0.4 is 5.32 Å². The highest BCUT2D eigenvalue weighted by Gasteiger charge is 2.27. The highest BCUT2D eigenvalue weighted by Crippen LogP contribution is 2.39. The summed E-state index contributed by atoms with van der Waals surface area (Å²) in [6.07, 6.45) is 5.86. The van der Waals surface area contributed by atoms with Crippen LogP contribution in [0.2, 0.25) is 0 Å². The third-order valence-electron chi connectivity index (χ3n) is 6.10. The number of hydrogen-bond acceptors (Lipinski definition) is 8. The summed E-state index contributed by atoms with van der Waals surface area (Å²) in [6.45, 7) is 9.32. The lowest BCUT2D eigenvalue weighted by Gasteiger charge is -2.12. The van der Waals surface area contributed by atoms with Gasteiger partial charge >= 0.3 is 5.97 Å². The second-order valence-electron chi connectivity index (χ2n) is 8.47. The van der Waals surface area contributed by atoms with Gasteiger partial charge in [0.15, 0.2) is 11.0 Å². The van der Waals surface area contributed by atoms with Crippen LogP contribution in [0.1, 0.15) is 71.3 Å². The number of carbonyl (C=O) groups is 2. The van der Waals surface area contributed by atoms with Crippen LogP contribution in [0, 0.1) is 6.92 Å². The molecule has 3 heterocycles. The molecular formula is C25H32N4O3S3. The molecule has 0 bridgehead atoms. The second-order valence-corrected chi connectivity index (χ2v) is 11.6. The van der Waals surface area contributed by atoms with E-state index in [1.807, 2.05) is 0 Å². The van der Waals surface area contributed by atoms with Gasteiger partial charge in [0, 0.05) is 27.2 Å². The first-order valence-corrected chi connectivity index (χ1v) is 14.9. The van der Waals surface area contributed by atoms with E-state index in [2.05, 4.69) is 46.2 Å². The molecule has 0 radical (unpaired) electrons. The summed E-state index contributed by atoms with van der Waals surface area (Å²) in [7, 11) is 0. The quantitative estimate of drug-likeness (QED) is 0.249. The zero-order chi connectivity index (χ0) is 24.9. The highest BCUT2D eigenvalue weighted by atomic mass is 32.2. The number of aromatic nitrogens is 3. The van der Waals surface area contributed by atoms with Gasteiger partial charge in [-0.05, 0) is 63.5 Å². The van der Waals surface area contributed by atoms with Crippen molar-refractivity contribution in [1.82, 2.24) is 14.8 Å². The van der Waals surface area contributed by atoms with Crippen LogP contribution in [0.25, 0.3) is 11.4 Å². The Balaban J connectivity index is 1.51. The first-order chi connectivity index (χ1) is 17.0. The fraction of sp³-hybridized carbons (Fsp3) is 0.520. The molecule has 1 aliphatic rings. The Kier molecular flexibility index (Phi) is 8.67. The van der Waals surface area contributed by atoms with Crippen molar-refractivity contribution in [3.05, 3.63) is 31.8 Å². The Hall–Kier alpha value is -2.17. The molecule has 0 saturated heterocycles. The number of aryl methyl sites for hydroxylation is 2. The van der Waals surface area contributed by atoms with Crippen molar-refractivity contribution in [2.24, 2.45) is 0 Å². The van der Waals surface area contributed by atoms with Gasteiger partial charge in [-0.15, -0.1) is 32.9 Å². The molecule has 0 saturated carbocycles. The van der Waals surface area contributed by atoms with Gasteiger partial charge in [-0.25, -0.2) is 4.79 Å². The van der Waals surface area contributed by atoms with Gasteiger partial charge in [-0.3, -0.25) is 4.79 Å². The van der Waals surface area contributed by atoms with E-state index in [4.69, 9.17) is 4.74 Å². The maximum absolute atomic E-state index is 12.9. The van der Waals surface area contributed by atoms with Crippen molar-refractivity contribution in [1.29, 1.82) is 0 Å². The molecule has 0 fully saturated rings. The number of thioether (sulfide) groups is 1. The molecule has 3 aromatic heterocycles. The van der Waals surface area contributed by atoms with Crippen molar-refractivity contribution in [3.63, 3.8) is 0 Å². The average molecular weight is 533 g/mol. The molecule has 7 nitrogen and oxygen atoms in total. The maximum Gasteiger partial charge on any atom is 0.341 e. The van der Waals surface area contributed by atoms with Crippen LogP contribution in [-0.2, 0) is 35.3 Å². The summed E-state index contributed by atoms with van der Waals surface area (Å²) in [5.74, 6) is 0.550. The third-order valence-corrected chi connectivity index (χ3v) is 9.23. The number of nitrogens with zero attached hydrogens (tertiary/aromatic N) is 3. The van der Waals surface area contributed by atoms with Crippen LogP contribution in [0.15, 0.2) is 10.5 Å². The molecule has 35 heavy (non-hydrogen) atoms. The van der Waals surface area contributed by atoms with E-state index in [9.17, 15) is 9.59 Å². The Bertz CT molecular complexity index is 1210. The number of amides is 1. The normalized spacial score (nSPS) is 13.0. The zero-order valence-electron chi connectivity index (χ0n) is 20.7. The topological polar surface area (TPSA) is 86.1 Å². The Morgan fingerprint density at radius 3 is 2.74 bits per heavy atom. The number of rotatable bonds is 10. The van der Waals surface area contributed by atoms with Gasteiger partial charge in [0.2, 0.25) is 5.91 Å². The molecule has 0 aliphatic heterocycles. The van der Waals surface area contributed by atoms with Gasteiger partial charge in [0.1, 0.15) is 5.00 Å². The van der Waals surface area contributed by atoms with Gasteiger partial charge in [0.25, 0.3) is 0 Å². The third kappa shape index (κ3) is 5.49. The number of carbonyl (C=O) groups excluding carboxylic acids is 2. The minimum atomic E-state index is -0.347. The fourth-order valence-electron chi connectivity index (χ4n) is 4.49. The van der Waals surface area contributed by atoms with Crippen LogP contribution in [0.4, 0.5) is 5.00 Å². The standard InChI is InChI=1S/C25H32N4O3S3/c1-5-12-29-22(18-13-33-15(4)16(18)6-2)27-28-25(29)34-14-20(30)26-23-21(24(31)32-7-3)17-10-8-9-11-19(17)35-23/h13H,5-12,14H2,1-4H3,(H,26,30). The largest absolute Gasteiger partial charge is 0.462 e. The molecule has 10 heteroatoms. The highest BCUT2D eigenvalue weighted by molar-refractivity contribution is 7.99. The predicted molar refractivity (Wildman–Crippen MR) is 144 cm³/mol. The first kappa shape index (κ1) is 25.9. The van der Waals surface area contributed by atoms with Crippen molar-refractivity contribution < 1.29 is 14.3 Å². The van der Waals surface area contributed by atoms with Crippen LogP contribution in [0.5, 0.6) is 0 Å². The predicted octanol–water partition coefficient (Wildman–Crippen LogP) is 6.14. The Morgan fingerprint density at radius 1 is 1.20 bits per heavy atom. The number of hydrogen-bond donors (Lipinski definition) is 1. The molecule has 188 valence electrons. The summed E-state index contributed by atoms with van der Waals surface area (Å²) in [5.41, 5.74) is 4.03. The molecule has 1 aliphatic carbocycles. The smallest absolute Gasteiger partial charge is 0.341 e. The molecule has 0 aromatic carbocycles. The number of thiophene rings is 2. The van der Waals surface area contributed by atoms with Gasteiger partial charge in [-0.1, -0.05) is 25.6 Å². The van der Waals surface area contributed by atoms with E-state index in [0.29, 0.717) is 17.2 Å². The lowest BCUT2D eigenvalue weighted by Crippen LogP contribution is -2.17. The van der Waals surface area contributed by atoms with E-state index < -0.39 is 0 Å². The van der Waals surface area contributed by atoms with Crippen molar-refractivity contribution in [2.45, 2.75) is 77.9 Å². The monoisotopic (exact) mass is 532 g/mol. The molecule has 1 N–H and O–H groups in total. The Morgan fingerprint density at radius 2 is 2.00 bits per heavy atom. The summed E-state index contributed by atoms with van der Waals surface area (Å²) in [6, 6.07) is 0. The molecular weight excluding hydrogens is 501 g/mol. The summed E-state index contributed by atoms with van der Waals surface area (Å²) >= 11 is 4.63. The summed E-state index contributed by atoms with van der Waals surface area (Å²) in [5, 5.41) is 15.4. The average Bonchev–Trinajstić information content (AvgIpc) is 3.52. The SMILES string of the molecule is CCCn1c(SCC(=O)Nc2sc3c(c2C(=O)OCC)CCCC3)nnc1-c1csc(C)c1CC. The molecule has 0 unspecified atom stereocenters. The number of fused-ring (bicyclic) bond motifs is 1. The second kappa shape index (κ2) is 11.7. The van der Waals surface area contributed by atoms with E-state index in [1.54, 1.807) is 18.3 Å². The minimum Gasteiger partial charge on any atom is -0.462 e. The van der Waals surface area contributed by atoms with Crippen LogP contribution in [0.3, 0.4) is 0 Å². The zero-order valence-corrected chi connectivity index (χ0v) is 23.2. The molecule has 1 amide bonds. The Labute approximate surface area is 218 Å². The summed E-state index contributed by atoms with van der Waals surface area (Å²) < 4.78 is 7.42. The van der Waals surface area contributed by atoms with Crippen molar-refractivity contribution in [2.75, 3.05) is 17.7 Å². The lowest BCUT2D eigenvalue weighted by atomic mass is 9.95. The number of anilines is 1. The molecule has 0 spiro atoms. The van der Waals surface area contributed by atoms with E-state index in [1.165, 1.54) is 38.4 Å². The molecule has 3 aromatic rings. The number of ether oxygens (including phenoxy) is 1. The van der Waals surface area contributed by atoms with Crippen LogP contribution >= 0.6 is 34.4 Å². The van der Waals surface area contributed by atoms with E-state index in [-0.39, 0.29) is 17.6 Å². The molecule has 0 atom stereocenters. The van der Waals surface area contributed by atoms with Crippen molar-refractivity contribution >= 4 is 51.3 Å². The van der Waals surface area contributed by atoms with Crippen molar-refractivity contribution in [3.8, 4) is 11.4 Å².